The van der Waals surface area contributed by atoms with Crippen LogP contribution >= 0.6 is 11.3 Å². The van der Waals surface area contributed by atoms with E-state index >= 15 is 0 Å². The zero-order valence-electron chi connectivity index (χ0n) is 5.87. The van der Waals surface area contributed by atoms with Gasteiger partial charge in [0.25, 0.3) is 0 Å². The molecule has 0 fully saturated rings. The van der Waals surface area contributed by atoms with E-state index in [4.69, 9.17) is 0 Å². The molecule has 2 nitrogen and oxygen atoms in total. The summed E-state index contributed by atoms with van der Waals surface area (Å²) in [5.41, 5.74) is 0. The van der Waals surface area contributed by atoms with E-state index in [1.807, 2.05) is 24.6 Å². The topological polar surface area (TPSA) is 32.3 Å². The van der Waals surface area contributed by atoms with Gasteiger partial charge in [-0.1, -0.05) is 6.07 Å². The highest BCUT2D eigenvalue weighted by Crippen LogP contribution is 2.17. The Bertz CT molecular complexity index is 174. The standard InChI is InChI=1S/C7H11NOS/c1-8-5-6(9)7-3-2-4-10-7/h2-4,6,8-9H,5H2,1H3/t6-/m1/s1. The monoisotopic (exact) mass is 157 g/mol. The molecule has 3 heteroatoms. The molecule has 1 aromatic rings. The number of rotatable bonds is 3. The van der Waals surface area contributed by atoms with Crippen LogP contribution in [0.3, 0.4) is 0 Å². The molecule has 1 heterocycles. The van der Waals surface area contributed by atoms with E-state index in [-0.39, 0.29) is 6.10 Å². The van der Waals surface area contributed by atoms with E-state index in [9.17, 15) is 5.11 Å². The van der Waals surface area contributed by atoms with Gasteiger partial charge in [0.05, 0.1) is 0 Å². The number of aliphatic hydroxyl groups excluding tert-OH is 1. The van der Waals surface area contributed by atoms with E-state index in [0.29, 0.717) is 6.54 Å². The molecule has 0 spiro atoms. The molecular weight excluding hydrogens is 146 g/mol. The lowest BCUT2D eigenvalue weighted by Crippen LogP contribution is -2.15. The maximum absolute atomic E-state index is 9.36. The SMILES string of the molecule is CNC[C@@H](O)c1cccs1. The van der Waals surface area contributed by atoms with Crippen molar-refractivity contribution in [3.05, 3.63) is 22.4 Å². The van der Waals surface area contributed by atoms with Crippen molar-refractivity contribution in [2.24, 2.45) is 0 Å². The second-order valence-electron chi connectivity index (χ2n) is 2.09. The van der Waals surface area contributed by atoms with E-state index in [1.54, 1.807) is 11.3 Å². The Kier molecular flexibility index (Phi) is 2.86. The van der Waals surface area contributed by atoms with Gasteiger partial charge >= 0.3 is 0 Å². The van der Waals surface area contributed by atoms with Gasteiger partial charge in [-0.3, -0.25) is 0 Å². The van der Waals surface area contributed by atoms with E-state index in [2.05, 4.69) is 5.32 Å². The third-order valence-corrected chi connectivity index (χ3v) is 2.24. The summed E-state index contributed by atoms with van der Waals surface area (Å²) >= 11 is 1.58. The van der Waals surface area contributed by atoms with Crippen LogP contribution in [0.4, 0.5) is 0 Å². The Morgan fingerprint density at radius 1 is 1.80 bits per heavy atom. The fraction of sp³-hybridized carbons (Fsp3) is 0.429. The number of hydrogen-bond donors (Lipinski definition) is 2. The minimum Gasteiger partial charge on any atom is -0.386 e. The predicted octanol–water partition coefficient (Wildman–Crippen LogP) is 1.00. The first-order chi connectivity index (χ1) is 4.84. The van der Waals surface area contributed by atoms with Crippen molar-refractivity contribution in [1.29, 1.82) is 0 Å². The van der Waals surface area contributed by atoms with E-state index < -0.39 is 0 Å². The Balaban J connectivity index is 2.50. The maximum atomic E-state index is 9.36. The first-order valence-electron chi connectivity index (χ1n) is 3.20. The number of hydrogen-bond acceptors (Lipinski definition) is 3. The number of likely N-dealkylation sites (N-methyl/N-ethyl adjacent to an activating group) is 1. The summed E-state index contributed by atoms with van der Waals surface area (Å²) in [4.78, 5) is 1.02. The summed E-state index contributed by atoms with van der Waals surface area (Å²) in [6.45, 7) is 0.626. The predicted molar refractivity (Wildman–Crippen MR) is 43.2 cm³/mol. The molecule has 0 amide bonds. The van der Waals surface area contributed by atoms with Gasteiger partial charge in [-0.15, -0.1) is 11.3 Å². The summed E-state index contributed by atoms with van der Waals surface area (Å²) in [5, 5.41) is 14.2. The van der Waals surface area contributed by atoms with Gasteiger partial charge in [-0.25, -0.2) is 0 Å². The average molecular weight is 157 g/mol. The zero-order chi connectivity index (χ0) is 7.40. The van der Waals surface area contributed by atoms with Crippen molar-refractivity contribution < 1.29 is 5.11 Å². The third kappa shape index (κ3) is 1.80. The Hall–Kier alpha value is -0.380. The molecule has 0 radical (unpaired) electrons. The minimum absolute atomic E-state index is 0.343. The molecule has 0 saturated heterocycles. The molecule has 0 saturated carbocycles. The van der Waals surface area contributed by atoms with Crippen LogP contribution in [-0.2, 0) is 0 Å². The summed E-state index contributed by atoms with van der Waals surface area (Å²) < 4.78 is 0. The van der Waals surface area contributed by atoms with E-state index in [0.717, 1.165) is 4.88 Å². The molecule has 1 atom stereocenters. The summed E-state index contributed by atoms with van der Waals surface area (Å²) in [6.07, 6.45) is -0.343. The second kappa shape index (κ2) is 3.71. The average Bonchev–Trinajstić information content (AvgIpc) is 2.38. The minimum atomic E-state index is -0.343. The molecule has 0 aliphatic heterocycles. The molecule has 0 aliphatic carbocycles. The van der Waals surface area contributed by atoms with Crippen molar-refractivity contribution in [3.8, 4) is 0 Å². The van der Waals surface area contributed by atoms with Gasteiger partial charge in [-0.05, 0) is 18.5 Å². The highest BCUT2D eigenvalue weighted by Gasteiger charge is 2.04. The zero-order valence-corrected chi connectivity index (χ0v) is 6.69. The molecule has 0 aliphatic rings. The highest BCUT2D eigenvalue weighted by molar-refractivity contribution is 7.10. The van der Waals surface area contributed by atoms with Crippen LogP contribution in [0.2, 0.25) is 0 Å². The second-order valence-corrected chi connectivity index (χ2v) is 3.07. The lowest BCUT2D eigenvalue weighted by molar-refractivity contribution is 0.181. The largest absolute Gasteiger partial charge is 0.386 e. The molecule has 1 rings (SSSR count). The lowest BCUT2D eigenvalue weighted by atomic mass is 10.3. The highest BCUT2D eigenvalue weighted by atomic mass is 32.1. The van der Waals surface area contributed by atoms with Gasteiger partial charge in [0.2, 0.25) is 0 Å². The Labute approximate surface area is 64.5 Å². The van der Waals surface area contributed by atoms with Crippen LogP contribution in [0.25, 0.3) is 0 Å². The Morgan fingerprint density at radius 2 is 2.60 bits per heavy atom. The van der Waals surface area contributed by atoms with Gasteiger partial charge in [0.15, 0.2) is 0 Å². The fourth-order valence-corrected chi connectivity index (χ4v) is 1.49. The van der Waals surface area contributed by atoms with Crippen LogP contribution in [0.15, 0.2) is 17.5 Å². The molecule has 56 valence electrons. The van der Waals surface area contributed by atoms with Crippen LogP contribution in [-0.4, -0.2) is 18.7 Å². The number of nitrogens with one attached hydrogen (secondary N) is 1. The molecule has 1 aromatic heterocycles. The number of thiophene rings is 1. The van der Waals surface area contributed by atoms with Gasteiger partial charge in [-0.2, -0.15) is 0 Å². The van der Waals surface area contributed by atoms with Gasteiger partial charge in [0.1, 0.15) is 6.10 Å². The molecule has 0 bridgehead atoms. The molecule has 10 heavy (non-hydrogen) atoms. The first-order valence-corrected chi connectivity index (χ1v) is 4.08. The molecule has 0 aromatic carbocycles. The quantitative estimate of drug-likeness (QED) is 0.686. The van der Waals surface area contributed by atoms with Gasteiger partial charge in [0, 0.05) is 11.4 Å². The fourth-order valence-electron chi connectivity index (χ4n) is 0.775. The molecule has 2 N–H and O–H groups in total. The molecular formula is C7H11NOS. The molecule has 0 unspecified atom stereocenters. The smallest absolute Gasteiger partial charge is 0.101 e. The first kappa shape index (κ1) is 7.72. The Morgan fingerprint density at radius 3 is 3.10 bits per heavy atom. The van der Waals surface area contributed by atoms with Gasteiger partial charge < -0.3 is 10.4 Å². The van der Waals surface area contributed by atoms with Crippen LogP contribution in [0, 0.1) is 0 Å². The van der Waals surface area contributed by atoms with Crippen molar-refractivity contribution in [2.75, 3.05) is 13.6 Å². The van der Waals surface area contributed by atoms with E-state index in [1.165, 1.54) is 0 Å². The number of aliphatic hydroxyl groups is 1. The van der Waals surface area contributed by atoms with Crippen molar-refractivity contribution in [1.82, 2.24) is 5.32 Å². The summed E-state index contributed by atoms with van der Waals surface area (Å²) in [7, 11) is 1.83. The van der Waals surface area contributed by atoms with Crippen molar-refractivity contribution in [2.45, 2.75) is 6.10 Å². The van der Waals surface area contributed by atoms with Crippen molar-refractivity contribution >= 4 is 11.3 Å². The van der Waals surface area contributed by atoms with Crippen LogP contribution in [0.5, 0.6) is 0 Å². The van der Waals surface area contributed by atoms with Crippen molar-refractivity contribution in [3.63, 3.8) is 0 Å². The lowest BCUT2D eigenvalue weighted by Gasteiger charge is -2.05. The van der Waals surface area contributed by atoms with Crippen LogP contribution < -0.4 is 5.32 Å². The third-order valence-electron chi connectivity index (χ3n) is 1.27. The van der Waals surface area contributed by atoms with Crippen LogP contribution in [0.1, 0.15) is 11.0 Å². The maximum Gasteiger partial charge on any atom is 0.101 e. The summed E-state index contributed by atoms with van der Waals surface area (Å²) in [5.74, 6) is 0. The summed E-state index contributed by atoms with van der Waals surface area (Å²) in [6, 6.07) is 3.88. The normalized spacial score (nSPS) is 13.4.